The number of anilines is 5. The Morgan fingerprint density at radius 3 is 1.47 bits per heavy atom. The molecular formula is C46H52N4O2S. The standard InChI is InChI=1S/C46H52N4O2S/c1-43(2)15-19-48-20-16-44(3,4)36-25-32(24-35(43)40(36)48)50(31-11-9-29(10-12-31)39-14-13-34(53-39)23-30(28-47)42(51)52)33-26-37-41-38(27-33)46(7,8)18-22-49(41)21-17-45(37,5)6/h9-14,23-27H,15-22H2,1-8H3,(H,51,52)/b30-23+. The normalized spacial score (nSPS) is 20.2. The van der Waals surface area contributed by atoms with E-state index in [2.05, 4.69) is 119 Å². The fourth-order valence-corrected chi connectivity index (χ4v) is 10.2. The molecular weight excluding hydrogens is 673 g/mol. The van der Waals surface area contributed by atoms with Gasteiger partial charge in [-0.1, -0.05) is 67.5 Å². The largest absolute Gasteiger partial charge is 0.477 e. The summed E-state index contributed by atoms with van der Waals surface area (Å²) in [5, 5.41) is 18.7. The summed E-state index contributed by atoms with van der Waals surface area (Å²) in [5.74, 6) is -1.21. The smallest absolute Gasteiger partial charge is 0.346 e. The summed E-state index contributed by atoms with van der Waals surface area (Å²) in [4.78, 5) is 21.1. The minimum absolute atomic E-state index is 0.0588. The monoisotopic (exact) mass is 724 g/mol. The van der Waals surface area contributed by atoms with Crippen LogP contribution in [0.2, 0.25) is 0 Å². The van der Waals surface area contributed by atoms with Crippen molar-refractivity contribution in [3.8, 4) is 16.5 Å². The molecule has 7 heteroatoms. The van der Waals surface area contributed by atoms with Crippen LogP contribution >= 0.6 is 11.3 Å². The van der Waals surface area contributed by atoms with Crippen LogP contribution in [0.5, 0.6) is 0 Å². The minimum atomic E-state index is -1.21. The lowest BCUT2D eigenvalue weighted by Gasteiger charge is -2.49. The third-order valence-corrected chi connectivity index (χ3v) is 14.0. The van der Waals surface area contributed by atoms with E-state index in [0.717, 1.165) is 72.9 Å². The van der Waals surface area contributed by atoms with Gasteiger partial charge in [-0.2, -0.15) is 5.26 Å². The quantitative estimate of drug-likeness (QED) is 0.158. The summed E-state index contributed by atoms with van der Waals surface area (Å²) >= 11 is 1.49. The predicted octanol–water partition coefficient (Wildman–Crippen LogP) is 11.2. The summed E-state index contributed by atoms with van der Waals surface area (Å²) in [7, 11) is 0. The molecule has 0 saturated heterocycles. The zero-order valence-electron chi connectivity index (χ0n) is 32.6. The summed E-state index contributed by atoms with van der Waals surface area (Å²) in [6, 6.07) is 24.5. The number of nitrogens with zero attached hydrogens (tertiary/aromatic N) is 4. The molecule has 0 fully saturated rings. The van der Waals surface area contributed by atoms with Crippen molar-refractivity contribution >= 4 is 51.8 Å². The number of nitriles is 1. The molecule has 3 aromatic carbocycles. The second-order valence-corrected chi connectivity index (χ2v) is 19.5. The van der Waals surface area contributed by atoms with E-state index in [0.29, 0.717) is 0 Å². The average molecular weight is 725 g/mol. The summed E-state index contributed by atoms with van der Waals surface area (Å²) < 4.78 is 0. The van der Waals surface area contributed by atoms with Gasteiger partial charge in [0.05, 0.1) is 0 Å². The minimum Gasteiger partial charge on any atom is -0.477 e. The van der Waals surface area contributed by atoms with Crippen molar-refractivity contribution in [2.45, 2.75) is 103 Å². The highest BCUT2D eigenvalue weighted by Crippen LogP contribution is 2.55. The van der Waals surface area contributed by atoms with Gasteiger partial charge in [-0.05, 0) is 130 Å². The molecule has 0 radical (unpaired) electrons. The Labute approximate surface area is 319 Å². The second kappa shape index (κ2) is 12.2. The second-order valence-electron chi connectivity index (χ2n) is 18.3. The molecule has 5 heterocycles. The molecule has 6 nitrogen and oxygen atoms in total. The van der Waals surface area contributed by atoms with E-state index < -0.39 is 5.97 Å². The molecule has 1 aromatic heterocycles. The van der Waals surface area contributed by atoms with Crippen LogP contribution < -0.4 is 14.7 Å². The lowest BCUT2D eigenvalue weighted by atomic mass is 9.69. The summed E-state index contributed by atoms with van der Waals surface area (Å²) in [5.41, 5.74) is 13.3. The number of carboxylic acids is 1. The molecule has 1 N–H and O–H groups in total. The van der Waals surface area contributed by atoms with Gasteiger partial charge in [0.1, 0.15) is 11.6 Å². The van der Waals surface area contributed by atoms with E-state index in [9.17, 15) is 15.2 Å². The lowest BCUT2D eigenvalue weighted by Crippen LogP contribution is -2.45. The van der Waals surface area contributed by atoms with Gasteiger partial charge in [-0.25, -0.2) is 4.79 Å². The highest BCUT2D eigenvalue weighted by atomic mass is 32.1. The first-order valence-electron chi connectivity index (χ1n) is 19.2. The Kier molecular flexibility index (Phi) is 8.20. The average Bonchev–Trinajstić information content (AvgIpc) is 3.58. The molecule has 0 bridgehead atoms. The van der Waals surface area contributed by atoms with Crippen molar-refractivity contribution in [1.29, 1.82) is 5.26 Å². The maximum Gasteiger partial charge on any atom is 0.346 e. The third kappa shape index (κ3) is 5.94. The van der Waals surface area contributed by atoms with Crippen molar-refractivity contribution in [3.63, 3.8) is 0 Å². The van der Waals surface area contributed by atoms with E-state index in [1.807, 2.05) is 12.1 Å². The van der Waals surface area contributed by atoms with E-state index in [1.54, 1.807) is 6.07 Å². The molecule has 0 atom stereocenters. The third-order valence-electron chi connectivity index (χ3n) is 13.0. The van der Waals surface area contributed by atoms with Gasteiger partial charge in [0, 0.05) is 64.4 Å². The van der Waals surface area contributed by atoms with Crippen molar-refractivity contribution < 1.29 is 9.90 Å². The van der Waals surface area contributed by atoms with Gasteiger partial charge < -0.3 is 19.8 Å². The maximum absolute atomic E-state index is 11.5. The molecule has 0 amide bonds. The number of hydrogen-bond donors (Lipinski definition) is 1. The Balaban J connectivity index is 1.33. The van der Waals surface area contributed by atoms with Crippen LogP contribution in [0.15, 0.2) is 66.2 Å². The Morgan fingerprint density at radius 1 is 0.679 bits per heavy atom. The Hall–Kier alpha value is -4.54. The van der Waals surface area contributed by atoms with Crippen molar-refractivity contribution in [2.75, 3.05) is 40.9 Å². The zero-order chi connectivity index (χ0) is 37.7. The Bertz CT molecular complexity index is 2040. The van der Waals surface area contributed by atoms with Crippen molar-refractivity contribution in [3.05, 3.63) is 93.4 Å². The van der Waals surface area contributed by atoms with Crippen LogP contribution in [0, 0.1) is 11.3 Å². The number of rotatable bonds is 6. The van der Waals surface area contributed by atoms with Gasteiger partial charge in [-0.3, -0.25) is 0 Å². The zero-order valence-corrected chi connectivity index (χ0v) is 33.4. The molecule has 4 aromatic rings. The molecule has 4 aliphatic heterocycles. The van der Waals surface area contributed by atoms with Gasteiger partial charge in [0.2, 0.25) is 0 Å². The SMILES string of the molecule is CC1(C)CCN2CCC(C)(C)c3cc(N(c4ccc(-c5ccc(/C=C(\C#N)C(=O)O)s5)cc4)c4cc5c6c(c4)C(C)(C)CCN6CCC5(C)C)cc1c32. The highest BCUT2D eigenvalue weighted by molar-refractivity contribution is 7.16. The van der Waals surface area contributed by atoms with E-state index in [-0.39, 0.29) is 27.2 Å². The molecule has 53 heavy (non-hydrogen) atoms. The van der Waals surface area contributed by atoms with Crippen LogP contribution in [0.4, 0.5) is 28.4 Å². The predicted molar refractivity (Wildman–Crippen MR) is 221 cm³/mol. The first-order chi connectivity index (χ1) is 25.0. The molecule has 0 spiro atoms. The number of hydrogen-bond acceptors (Lipinski definition) is 6. The number of benzene rings is 3. The molecule has 0 unspecified atom stereocenters. The van der Waals surface area contributed by atoms with E-state index in [1.165, 1.54) is 62.4 Å². The lowest BCUT2D eigenvalue weighted by molar-refractivity contribution is -0.132. The molecule has 274 valence electrons. The van der Waals surface area contributed by atoms with E-state index in [4.69, 9.17) is 0 Å². The number of thiophene rings is 1. The van der Waals surface area contributed by atoms with Crippen molar-refractivity contribution in [2.24, 2.45) is 0 Å². The van der Waals surface area contributed by atoms with Crippen molar-refractivity contribution in [1.82, 2.24) is 0 Å². The fraction of sp³-hybridized carbons (Fsp3) is 0.435. The Morgan fingerprint density at radius 2 is 1.09 bits per heavy atom. The number of aliphatic carboxylic acids is 1. The van der Waals surface area contributed by atoms with Gasteiger partial charge in [-0.15, -0.1) is 11.3 Å². The molecule has 4 aliphatic rings. The van der Waals surface area contributed by atoms with Gasteiger partial charge >= 0.3 is 5.97 Å². The van der Waals surface area contributed by atoms with E-state index >= 15 is 0 Å². The molecule has 0 aliphatic carbocycles. The first kappa shape index (κ1) is 35.5. The topological polar surface area (TPSA) is 70.8 Å². The first-order valence-corrected chi connectivity index (χ1v) is 20.0. The molecule has 8 rings (SSSR count). The summed E-state index contributed by atoms with van der Waals surface area (Å²) in [6.07, 6.45) is 6.00. The van der Waals surface area contributed by atoms with Crippen LogP contribution in [-0.2, 0) is 26.5 Å². The van der Waals surface area contributed by atoms with Crippen LogP contribution in [0.25, 0.3) is 16.5 Å². The van der Waals surface area contributed by atoms with Crippen LogP contribution in [-0.4, -0.2) is 37.3 Å². The van der Waals surface area contributed by atoms with Crippen LogP contribution in [0.1, 0.15) is 108 Å². The number of carboxylic acid groups (broad SMARTS) is 1. The van der Waals surface area contributed by atoms with Gasteiger partial charge in [0.25, 0.3) is 0 Å². The summed E-state index contributed by atoms with van der Waals surface area (Å²) in [6.45, 7) is 23.8. The molecule has 0 saturated carbocycles. The number of carbonyl (C=O) groups is 1. The maximum atomic E-state index is 11.5. The highest BCUT2D eigenvalue weighted by Gasteiger charge is 2.43. The van der Waals surface area contributed by atoms with Crippen LogP contribution in [0.3, 0.4) is 0 Å². The van der Waals surface area contributed by atoms with Gasteiger partial charge in [0.15, 0.2) is 0 Å². The fourth-order valence-electron chi connectivity index (χ4n) is 9.20.